The first-order chi connectivity index (χ1) is 12.3. The lowest BCUT2D eigenvalue weighted by molar-refractivity contribution is 0.104. The molecule has 2 aromatic carbocycles. The van der Waals surface area contributed by atoms with Gasteiger partial charge in [-0.05, 0) is 62.4 Å². The fraction of sp³-hybridized carbons (Fsp3) is 0.190. The summed E-state index contributed by atoms with van der Waals surface area (Å²) in [6.45, 7) is 3.85. The summed E-state index contributed by atoms with van der Waals surface area (Å²) in [5, 5.41) is 20.5. The summed E-state index contributed by atoms with van der Waals surface area (Å²) in [6.07, 6.45) is 6.47. The van der Waals surface area contributed by atoms with E-state index in [1.165, 1.54) is 25.3 Å². The number of methoxy groups -OCH3 is 1. The van der Waals surface area contributed by atoms with E-state index in [9.17, 15) is 15.0 Å². The lowest BCUT2D eigenvalue weighted by atomic mass is 9.99. The molecule has 26 heavy (non-hydrogen) atoms. The highest BCUT2D eigenvalue weighted by atomic mass is 16.5. The number of ketones is 1. The number of phenols is 2. The van der Waals surface area contributed by atoms with Crippen LogP contribution in [0, 0.1) is 0 Å². The number of allylic oxidation sites excluding steroid dienone is 1. The largest absolute Gasteiger partial charge is 0.507 e. The second kappa shape index (κ2) is 6.59. The summed E-state index contributed by atoms with van der Waals surface area (Å²) >= 11 is 0. The first-order valence-corrected chi connectivity index (χ1v) is 8.15. The number of ether oxygens (including phenoxy) is 2. The van der Waals surface area contributed by atoms with Crippen LogP contribution in [0.5, 0.6) is 23.0 Å². The average Bonchev–Trinajstić information content (AvgIpc) is 2.60. The molecule has 0 fully saturated rings. The fourth-order valence-electron chi connectivity index (χ4n) is 2.73. The van der Waals surface area contributed by atoms with Crippen LogP contribution in [0.2, 0.25) is 0 Å². The van der Waals surface area contributed by atoms with Crippen LogP contribution in [-0.2, 0) is 0 Å². The van der Waals surface area contributed by atoms with Crippen molar-refractivity contribution in [2.24, 2.45) is 0 Å². The van der Waals surface area contributed by atoms with Gasteiger partial charge in [-0.3, -0.25) is 4.79 Å². The molecule has 0 aliphatic carbocycles. The molecule has 0 spiro atoms. The predicted octanol–water partition coefficient (Wildman–Crippen LogP) is 4.19. The summed E-state index contributed by atoms with van der Waals surface area (Å²) in [5.74, 6) is 0.243. The molecule has 5 nitrogen and oxygen atoms in total. The zero-order valence-corrected chi connectivity index (χ0v) is 14.8. The smallest absolute Gasteiger partial charge is 0.189 e. The van der Waals surface area contributed by atoms with Crippen molar-refractivity contribution in [1.29, 1.82) is 0 Å². The molecule has 2 aromatic rings. The topological polar surface area (TPSA) is 76.0 Å². The highest BCUT2D eigenvalue weighted by Crippen LogP contribution is 2.39. The lowest BCUT2D eigenvalue weighted by Crippen LogP contribution is -2.27. The molecule has 1 aliphatic rings. The second-order valence-corrected chi connectivity index (χ2v) is 6.51. The Balaban J connectivity index is 1.89. The SMILES string of the molecule is COc1cccc(C(=O)/C=C/c2ccc3c(c2O)C=CC(C)(C)O3)c1O. The number of aromatic hydroxyl groups is 2. The van der Waals surface area contributed by atoms with Crippen molar-refractivity contribution in [2.75, 3.05) is 7.11 Å². The predicted molar refractivity (Wildman–Crippen MR) is 99.9 cm³/mol. The molecule has 0 radical (unpaired) electrons. The van der Waals surface area contributed by atoms with Crippen LogP contribution >= 0.6 is 0 Å². The number of fused-ring (bicyclic) bond motifs is 1. The maximum absolute atomic E-state index is 12.4. The van der Waals surface area contributed by atoms with Crippen LogP contribution in [0.3, 0.4) is 0 Å². The van der Waals surface area contributed by atoms with Crippen LogP contribution in [0.4, 0.5) is 0 Å². The molecule has 0 atom stereocenters. The number of hydrogen-bond acceptors (Lipinski definition) is 5. The van der Waals surface area contributed by atoms with E-state index < -0.39 is 11.4 Å². The van der Waals surface area contributed by atoms with E-state index in [0.29, 0.717) is 16.9 Å². The number of carbonyl (C=O) groups is 1. The Bertz CT molecular complexity index is 922. The van der Waals surface area contributed by atoms with E-state index in [0.717, 1.165) is 0 Å². The molecule has 0 unspecified atom stereocenters. The van der Waals surface area contributed by atoms with Crippen LogP contribution in [0.25, 0.3) is 12.2 Å². The Labute approximate surface area is 151 Å². The highest BCUT2D eigenvalue weighted by molar-refractivity contribution is 6.09. The van der Waals surface area contributed by atoms with Gasteiger partial charge in [-0.2, -0.15) is 0 Å². The Morgan fingerprint density at radius 3 is 2.65 bits per heavy atom. The van der Waals surface area contributed by atoms with Crippen LogP contribution < -0.4 is 9.47 Å². The van der Waals surface area contributed by atoms with Gasteiger partial charge in [-0.1, -0.05) is 6.07 Å². The van der Waals surface area contributed by atoms with E-state index in [1.807, 2.05) is 19.9 Å². The normalized spacial score (nSPS) is 14.7. The summed E-state index contributed by atoms with van der Waals surface area (Å²) in [5.41, 5.74) is 0.745. The molecule has 1 heterocycles. The molecule has 134 valence electrons. The molecule has 2 N–H and O–H groups in total. The number of para-hydroxylation sites is 1. The maximum Gasteiger partial charge on any atom is 0.189 e. The van der Waals surface area contributed by atoms with Gasteiger partial charge >= 0.3 is 0 Å². The number of benzene rings is 2. The summed E-state index contributed by atoms with van der Waals surface area (Å²) in [6, 6.07) is 8.14. The van der Waals surface area contributed by atoms with E-state index in [2.05, 4.69) is 0 Å². The summed E-state index contributed by atoms with van der Waals surface area (Å²) < 4.78 is 10.8. The third-order valence-electron chi connectivity index (χ3n) is 4.13. The van der Waals surface area contributed by atoms with Crippen LogP contribution in [0.1, 0.15) is 35.3 Å². The van der Waals surface area contributed by atoms with Gasteiger partial charge in [0.2, 0.25) is 0 Å². The third-order valence-corrected chi connectivity index (χ3v) is 4.13. The van der Waals surface area contributed by atoms with E-state index >= 15 is 0 Å². The molecule has 0 saturated carbocycles. The minimum atomic E-state index is -0.434. The molecule has 0 saturated heterocycles. The number of rotatable bonds is 4. The van der Waals surface area contributed by atoms with Gasteiger partial charge in [0.1, 0.15) is 17.1 Å². The molecule has 3 rings (SSSR count). The monoisotopic (exact) mass is 352 g/mol. The van der Waals surface area contributed by atoms with Gasteiger partial charge in [0, 0.05) is 5.56 Å². The van der Waals surface area contributed by atoms with E-state index in [4.69, 9.17) is 9.47 Å². The van der Waals surface area contributed by atoms with Crippen molar-refractivity contribution in [3.05, 3.63) is 59.2 Å². The minimum Gasteiger partial charge on any atom is -0.507 e. The van der Waals surface area contributed by atoms with Gasteiger partial charge in [-0.25, -0.2) is 0 Å². The van der Waals surface area contributed by atoms with Crippen molar-refractivity contribution in [2.45, 2.75) is 19.4 Å². The summed E-state index contributed by atoms with van der Waals surface area (Å²) in [4.78, 5) is 12.4. The zero-order valence-electron chi connectivity index (χ0n) is 14.8. The average molecular weight is 352 g/mol. The quantitative estimate of drug-likeness (QED) is 0.637. The molecular weight excluding hydrogens is 332 g/mol. The van der Waals surface area contributed by atoms with Crippen LogP contribution in [0.15, 0.2) is 42.5 Å². The van der Waals surface area contributed by atoms with Crippen molar-refractivity contribution in [3.63, 3.8) is 0 Å². The van der Waals surface area contributed by atoms with Crippen molar-refractivity contribution in [1.82, 2.24) is 0 Å². The Kier molecular flexibility index (Phi) is 4.47. The molecule has 5 heteroatoms. The van der Waals surface area contributed by atoms with Crippen molar-refractivity contribution >= 4 is 17.9 Å². The zero-order chi connectivity index (χ0) is 18.9. The lowest BCUT2D eigenvalue weighted by Gasteiger charge is -2.28. The standard InChI is InChI=1S/C21H20O5/c1-21(2)12-11-15-17(26-21)10-8-13(19(15)23)7-9-16(22)14-5-4-6-18(25-3)20(14)24/h4-12,23-24H,1-3H3/b9-7+. The van der Waals surface area contributed by atoms with E-state index in [-0.39, 0.29) is 22.8 Å². The van der Waals surface area contributed by atoms with Gasteiger partial charge in [0.05, 0.1) is 18.2 Å². The number of hydrogen-bond donors (Lipinski definition) is 2. The second-order valence-electron chi connectivity index (χ2n) is 6.51. The number of phenolic OH excluding ortho intramolecular Hbond substituents is 2. The summed E-state index contributed by atoms with van der Waals surface area (Å²) in [7, 11) is 1.42. The Morgan fingerprint density at radius 2 is 1.92 bits per heavy atom. The van der Waals surface area contributed by atoms with Crippen molar-refractivity contribution in [3.8, 4) is 23.0 Å². The molecular formula is C21H20O5. The highest BCUT2D eigenvalue weighted by Gasteiger charge is 2.24. The van der Waals surface area contributed by atoms with Gasteiger partial charge in [0.25, 0.3) is 0 Å². The Hall–Kier alpha value is -3.21. The molecule has 0 amide bonds. The molecule has 1 aliphatic heterocycles. The maximum atomic E-state index is 12.4. The van der Waals surface area contributed by atoms with Gasteiger partial charge in [0.15, 0.2) is 17.3 Å². The first-order valence-electron chi connectivity index (χ1n) is 8.15. The Morgan fingerprint density at radius 1 is 1.15 bits per heavy atom. The fourth-order valence-corrected chi connectivity index (χ4v) is 2.73. The third kappa shape index (κ3) is 3.28. The van der Waals surface area contributed by atoms with Gasteiger partial charge in [-0.15, -0.1) is 0 Å². The van der Waals surface area contributed by atoms with Crippen molar-refractivity contribution < 1.29 is 24.5 Å². The van der Waals surface area contributed by atoms with Crippen LogP contribution in [-0.4, -0.2) is 28.7 Å². The number of carbonyl (C=O) groups excluding carboxylic acids is 1. The molecule has 0 bridgehead atoms. The van der Waals surface area contributed by atoms with E-state index in [1.54, 1.807) is 30.3 Å². The first kappa shape index (κ1) is 17.6. The minimum absolute atomic E-state index is 0.0353. The molecule has 0 aromatic heterocycles. The van der Waals surface area contributed by atoms with Gasteiger partial charge < -0.3 is 19.7 Å².